The molecule has 1 unspecified atom stereocenters. The summed E-state index contributed by atoms with van der Waals surface area (Å²) in [5.41, 5.74) is 0. The van der Waals surface area contributed by atoms with Gasteiger partial charge in [-0.2, -0.15) is 0 Å². The monoisotopic (exact) mass is 597 g/mol. The van der Waals surface area contributed by atoms with E-state index in [1.807, 2.05) is 0 Å². The van der Waals surface area contributed by atoms with Crippen molar-refractivity contribution in [3.63, 3.8) is 0 Å². The van der Waals surface area contributed by atoms with E-state index in [1.165, 1.54) is 173 Å². The third kappa shape index (κ3) is 33.9. The molecule has 0 aliphatic rings. The molecule has 0 bridgehead atoms. The molecule has 0 saturated heterocycles. The van der Waals surface area contributed by atoms with Gasteiger partial charge < -0.3 is 14.6 Å². The molecule has 0 aromatic heterocycles. The van der Waals surface area contributed by atoms with Crippen LogP contribution in [0.15, 0.2) is 0 Å². The Morgan fingerprint density at radius 1 is 0.476 bits per heavy atom. The van der Waals surface area contributed by atoms with Crippen LogP contribution in [0.3, 0.4) is 0 Å². The highest BCUT2D eigenvalue weighted by Crippen LogP contribution is 2.15. The molecule has 0 saturated carbocycles. The number of hydrogen-bond donors (Lipinski definition) is 1. The Balaban J connectivity index is 3.37. The minimum atomic E-state index is -0.523. The van der Waals surface area contributed by atoms with Crippen LogP contribution in [0.4, 0.5) is 0 Å². The first kappa shape index (κ1) is 41.4. The van der Waals surface area contributed by atoms with Crippen LogP contribution in [0.2, 0.25) is 0 Å². The Labute approximate surface area is 263 Å². The summed E-state index contributed by atoms with van der Waals surface area (Å²) in [5.74, 6) is -0.195. The van der Waals surface area contributed by atoms with E-state index in [2.05, 4.69) is 13.8 Å². The van der Waals surface area contributed by atoms with E-state index in [4.69, 9.17) is 9.47 Å². The topological polar surface area (TPSA) is 55.8 Å². The smallest absolute Gasteiger partial charge is 0.306 e. The van der Waals surface area contributed by atoms with E-state index >= 15 is 0 Å². The van der Waals surface area contributed by atoms with E-state index in [0.717, 1.165) is 19.3 Å². The number of carbonyl (C=O) groups excluding carboxylic acids is 1. The predicted octanol–water partition coefficient (Wildman–Crippen LogP) is 12.0. The second-order valence-corrected chi connectivity index (χ2v) is 13.0. The molecule has 1 atom stereocenters. The first-order chi connectivity index (χ1) is 20.7. The average Bonchev–Trinajstić information content (AvgIpc) is 3.00. The minimum absolute atomic E-state index is 0.163. The summed E-state index contributed by atoms with van der Waals surface area (Å²) in [6.45, 7) is 5.39. The zero-order chi connectivity index (χ0) is 30.6. The van der Waals surface area contributed by atoms with Crippen molar-refractivity contribution in [2.24, 2.45) is 0 Å². The van der Waals surface area contributed by atoms with Crippen LogP contribution in [0.5, 0.6) is 0 Å². The van der Waals surface area contributed by atoms with Crippen molar-refractivity contribution in [2.75, 3.05) is 19.8 Å². The summed E-state index contributed by atoms with van der Waals surface area (Å²) in [7, 11) is 0. The second-order valence-electron chi connectivity index (χ2n) is 13.0. The average molecular weight is 597 g/mol. The first-order valence-corrected chi connectivity index (χ1v) is 19.1. The molecule has 0 fully saturated rings. The summed E-state index contributed by atoms with van der Waals surface area (Å²) in [6.07, 6.45) is 40.0. The molecule has 0 aromatic carbocycles. The lowest BCUT2D eigenvalue weighted by Gasteiger charge is -2.16. The standard InChI is InChI=1S/C38H76O4/c1-3-5-7-9-11-13-15-17-19-20-22-24-26-28-30-32-34-41-36-37(35-39)42-38(40)33-31-29-27-25-23-21-18-16-14-12-10-8-6-4-2/h37,39H,3-36H2,1-2H3. The molecule has 0 amide bonds. The number of ether oxygens (including phenoxy) is 2. The predicted molar refractivity (Wildman–Crippen MR) is 182 cm³/mol. The van der Waals surface area contributed by atoms with Crippen LogP contribution in [-0.4, -0.2) is 37.0 Å². The fraction of sp³-hybridized carbons (Fsp3) is 0.974. The molecule has 1 N–H and O–H groups in total. The highest BCUT2D eigenvalue weighted by molar-refractivity contribution is 5.69. The SMILES string of the molecule is CCCCCCCCCCCCCCCCCCOCC(CO)OC(=O)CCCCCCCCCCCCCCCC. The van der Waals surface area contributed by atoms with Crippen molar-refractivity contribution < 1.29 is 19.4 Å². The van der Waals surface area contributed by atoms with Gasteiger partial charge in [-0.05, 0) is 12.8 Å². The molecule has 0 aliphatic carbocycles. The lowest BCUT2D eigenvalue weighted by atomic mass is 10.0. The van der Waals surface area contributed by atoms with Crippen molar-refractivity contribution in [1.82, 2.24) is 0 Å². The summed E-state index contributed by atoms with van der Waals surface area (Å²) < 4.78 is 11.1. The van der Waals surface area contributed by atoms with E-state index < -0.39 is 6.10 Å². The molecule has 0 rings (SSSR count). The normalized spacial score (nSPS) is 12.2. The van der Waals surface area contributed by atoms with Gasteiger partial charge in [-0.25, -0.2) is 0 Å². The lowest BCUT2D eigenvalue weighted by Crippen LogP contribution is -2.27. The molecular weight excluding hydrogens is 520 g/mol. The van der Waals surface area contributed by atoms with Crippen LogP contribution in [-0.2, 0) is 14.3 Å². The molecule has 0 radical (unpaired) electrons. The Kier molecular flexibility index (Phi) is 36.0. The third-order valence-electron chi connectivity index (χ3n) is 8.68. The van der Waals surface area contributed by atoms with Crippen LogP contribution >= 0.6 is 0 Å². The van der Waals surface area contributed by atoms with E-state index in [1.54, 1.807) is 0 Å². The molecule has 4 nitrogen and oxygen atoms in total. The highest BCUT2D eigenvalue weighted by atomic mass is 16.6. The molecule has 0 heterocycles. The van der Waals surface area contributed by atoms with Gasteiger partial charge in [-0.3, -0.25) is 4.79 Å². The van der Waals surface area contributed by atoms with Crippen LogP contribution < -0.4 is 0 Å². The summed E-state index contributed by atoms with van der Waals surface area (Å²) in [5, 5.41) is 9.56. The summed E-state index contributed by atoms with van der Waals surface area (Å²) in [4.78, 5) is 12.1. The number of aliphatic hydroxyl groups is 1. The Hall–Kier alpha value is -0.610. The van der Waals surface area contributed by atoms with Gasteiger partial charge in [0.05, 0.1) is 13.2 Å². The van der Waals surface area contributed by atoms with Gasteiger partial charge in [0, 0.05) is 13.0 Å². The van der Waals surface area contributed by atoms with Gasteiger partial charge in [-0.1, -0.05) is 194 Å². The minimum Gasteiger partial charge on any atom is -0.457 e. The van der Waals surface area contributed by atoms with Gasteiger partial charge in [0.15, 0.2) is 0 Å². The molecule has 0 aromatic rings. The quantitative estimate of drug-likeness (QED) is 0.0577. The second kappa shape index (κ2) is 36.6. The number of aliphatic hydroxyl groups excluding tert-OH is 1. The number of carbonyl (C=O) groups is 1. The van der Waals surface area contributed by atoms with Gasteiger partial charge in [0.25, 0.3) is 0 Å². The highest BCUT2D eigenvalue weighted by Gasteiger charge is 2.13. The lowest BCUT2D eigenvalue weighted by molar-refractivity contribution is -0.154. The molecule has 0 aliphatic heterocycles. The summed E-state index contributed by atoms with van der Waals surface area (Å²) >= 11 is 0. The number of rotatable bonds is 36. The maximum absolute atomic E-state index is 12.1. The molecule has 252 valence electrons. The Morgan fingerprint density at radius 3 is 1.12 bits per heavy atom. The number of hydrogen-bond acceptors (Lipinski definition) is 4. The zero-order valence-electron chi connectivity index (χ0n) is 28.8. The van der Waals surface area contributed by atoms with Crippen LogP contribution in [0.25, 0.3) is 0 Å². The van der Waals surface area contributed by atoms with Gasteiger partial charge in [-0.15, -0.1) is 0 Å². The van der Waals surface area contributed by atoms with Gasteiger partial charge in [0.1, 0.15) is 6.10 Å². The van der Waals surface area contributed by atoms with Crippen LogP contribution in [0.1, 0.15) is 213 Å². The maximum Gasteiger partial charge on any atom is 0.306 e. The van der Waals surface area contributed by atoms with Crippen LogP contribution in [0, 0.1) is 0 Å². The molecule has 4 heteroatoms. The maximum atomic E-state index is 12.1. The van der Waals surface area contributed by atoms with Crippen molar-refractivity contribution in [2.45, 2.75) is 219 Å². The fourth-order valence-corrected chi connectivity index (χ4v) is 5.80. The van der Waals surface area contributed by atoms with E-state index in [9.17, 15) is 9.90 Å². The Bertz CT molecular complexity index is 509. The number of unbranched alkanes of at least 4 members (excludes halogenated alkanes) is 28. The van der Waals surface area contributed by atoms with Crippen molar-refractivity contribution >= 4 is 5.97 Å². The molecular formula is C38H76O4. The summed E-state index contributed by atoms with van der Waals surface area (Å²) in [6, 6.07) is 0. The zero-order valence-corrected chi connectivity index (χ0v) is 28.8. The third-order valence-corrected chi connectivity index (χ3v) is 8.68. The largest absolute Gasteiger partial charge is 0.457 e. The van der Waals surface area contributed by atoms with Gasteiger partial charge >= 0.3 is 5.97 Å². The van der Waals surface area contributed by atoms with Crippen molar-refractivity contribution in [1.29, 1.82) is 0 Å². The van der Waals surface area contributed by atoms with Crippen molar-refractivity contribution in [3.05, 3.63) is 0 Å². The van der Waals surface area contributed by atoms with E-state index in [0.29, 0.717) is 19.6 Å². The number of esters is 1. The van der Waals surface area contributed by atoms with Crippen molar-refractivity contribution in [3.8, 4) is 0 Å². The first-order valence-electron chi connectivity index (χ1n) is 19.1. The van der Waals surface area contributed by atoms with Gasteiger partial charge in [0.2, 0.25) is 0 Å². The Morgan fingerprint density at radius 2 is 0.786 bits per heavy atom. The molecule has 0 spiro atoms. The fourth-order valence-electron chi connectivity index (χ4n) is 5.80. The molecule has 42 heavy (non-hydrogen) atoms. The van der Waals surface area contributed by atoms with E-state index in [-0.39, 0.29) is 12.6 Å².